The van der Waals surface area contributed by atoms with E-state index >= 15 is 0 Å². The van der Waals surface area contributed by atoms with Gasteiger partial charge >= 0.3 is 0 Å². The quantitative estimate of drug-likeness (QED) is 0.411. The molecule has 2 aromatic carbocycles. The molecule has 180 valence electrons. The summed E-state index contributed by atoms with van der Waals surface area (Å²) in [4.78, 5) is 11.1. The fourth-order valence-corrected chi connectivity index (χ4v) is 5.69. The average molecular weight is 495 g/mol. The molecule has 2 aliphatic rings. The van der Waals surface area contributed by atoms with Crippen LogP contribution in [0.2, 0.25) is 0 Å². The minimum Gasteiger partial charge on any atom is -0.497 e. The fraction of sp³-hybridized carbons (Fsp3) is 0.261. The van der Waals surface area contributed by atoms with E-state index in [1.165, 1.54) is 17.5 Å². The highest BCUT2D eigenvalue weighted by Gasteiger charge is 2.30. The molecule has 0 bridgehead atoms. The molecule has 35 heavy (non-hydrogen) atoms. The minimum atomic E-state index is -3.63. The van der Waals surface area contributed by atoms with Gasteiger partial charge in [0.05, 0.1) is 17.7 Å². The number of hydrogen-bond acceptors (Lipinski definition) is 9. The molecule has 0 unspecified atom stereocenters. The van der Waals surface area contributed by atoms with Crippen LogP contribution in [-0.4, -0.2) is 72.4 Å². The van der Waals surface area contributed by atoms with Crippen LogP contribution in [0.1, 0.15) is 0 Å². The molecule has 0 aliphatic carbocycles. The molecule has 11 nitrogen and oxygen atoms in total. The van der Waals surface area contributed by atoms with E-state index in [0.29, 0.717) is 55.2 Å². The van der Waals surface area contributed by atoms with Crippen LogP contribution in [0.4, 0.5) is 5.95 Å². The minimum absolute atomic E-state index is 0.206. The maximum Gasteiger partial charge on any atom is 0.254 e. The summed E-state index contributed by atoms with van der Waals surface area (Å²) in [5, 5.41) is 4.69. The highest BCUT2D eigenvalue weighted by Crippen LogP contribution is 2.36. The Kier molecular flexibility index (Phi) is 5.19. The summed E-state index contributed by atoms with van der Waals surface area (Å²) < 4.78 is 45.5. The van der Waals surface area contributed by atoms with E-state index < -0.39 is 10.0 Å². The summed E-state index contributed by atoms with van der Waals surface area (Å²) in [6.07, 6.45) is 1.69. The van der Waals surface area contributed by atoms with Crippen molar-refractivity contribution in [2.24, 2.45) is 0 Å². The zero-order valence-corrected chi connectivity index (χ0v) is 19.7. The summed E-state index contributed by atoms with van der Waals surface area (Å²) in [5.74, 6) is 2.86. The fourth-order valence-electron chi connectivity index (χ4n) is 4.23. The third kappa shape index (κ3) is 3.80. The van der Waals surface area contributed by atoms with E-state index in [0.717, 1.165) is 11.3 Å². The van der Waals surface area contributed by atoms with Gasteiger partial charge in [0.2, 0.25) is 22.8 Å². The van der Waals surface area contributed by atoms with E-state index in [1.54, 1.807) is 28.9 Å². The van der Waals surface area contributed by atoms with Gasteiger partial charge < -0.3 is 19.1 Å². The highest BCUT2D eigenvalue weighted by atomic mass is 32.2. The van der Waals surface area contributed by atoms with Crippen LogP contribution in [0.3, 0.4) is 0 Å². The Balaban J connectivity index is 1.23. The number of aromatic nitrogens is 4. The number of piperazine rings is 1. The molecule has 2 aliphatic heterocycles. The molecule has 0 N–H and O–H groups in total. The van der Waals surface area contributed by atoms with E-state index in [2.05, 4.69) is 15.1 Å². The highest BCUT2D eigenvalue weighted by molar-refractivity contribution is 7.89. The standard InChI is InChI=1S/C23H22N6O5S/c1-32-17-3-2-4-18(14-17)35(30,31)28-11-9-27(10-12-28)23-25-22-24-8-7-19(29(22)26-23)16-5-6-20-21(13-16)34-15-33-20/h2-8,13-14H,9-12,15H2,1H3. The first-order valence-electron chi connectivity index (χ1n) is 11.0. The van der Waals surface area contributed by atoms with E-state index in [4.69, 9.17) is 14.2 Å². The number of hydrogen-bond donors (Lipinski definition) is 0. The lowest BCUT2D eigenvalue weighted by molar-refractivity contribution is 0.174. The van der Waals surface area contributed by atoms with E-state index in [-0.39, 0.29) is 11.7 Å². The zero-order chi connectivity index (χ0) is 24.0. The van der Waals surface area contributed by atoms with E-state index in [9.17, 15) is 8.42 Å². The lowest BCUT2D eigenvalue weighted by atomic mass is 10.1. The topological polar surface area (TPSA) is 111 Å². The second-order valence-corrected chi connectivity index (χ2v) is 10.0. The molecule has 0 amide bonds. The summed E-state index contributed by atoms with van der Waals surface area (Å²) in [7, 11) is -2.11. The Hall–Kier alpha value is -3.90. The Bertz CT molecular complexity index is 1510. The molecule has 1 saturated heterocycles. The maximum atomic E-state index is 13.1. The number of ether oxygens (including phenoxy) is 3. The lowest BCUT2D eigenvalue weighted by Crippen LogP contribution is -2.49. The molecule has 0 spiro atoms. The first-order chi connectivity index (χ1) is 17.0. The first-order valence-corrected chi connectivity index (χ1v) is 12.5. The number of anilines is 1. The van der Waals surface area contributed by atoms with Crippen molar-refractivity contribution in [1.82, 2.24) is 23.9 Å². The van der Waals surface area contributed by atoms with Crippen molar-refractivity contribution in [3.05, 3.63) is 54.7 Å². The molecule has 12 heteroatoms. The summed E-state index contributed by atoms with van der Waals surface area (Å²) in [6.45, 7) is 1.76. The molecule has 0 radical (unpaired) electrons. The third-order valence-electron chi connectivity index (χ3n) is 6.10. The number of fused-ring (bicyclic) bond motifs is 2. The van der Waals surface area contributed by atoms with Gasteiger partial charge in [-0.3, -0.25) is 0 Å². The van der Waals surface area contributed by atoms with Crippen molar-refractivity contribution in [3.8, 4) is 28.5 Å². The van der Waals surface area contributed by atoms with Crippen LogP contribution >= 0.6 is 0 Å². The Morgan fingerprint density at radius 3 is 2.63 bits per heavy atom. The third-order valence-corrected chi connectivity index (χ3v) is 7.99. The van der Waals surface area contributed by atoms with Gasteiger partial charge in [-0.05, 0) is 36.4 Å². The van der Waals surface area contributed by atoms with Gasteiger partial charge in [-0.1, -0.05) is 6.07 Å². The molecule has 1 fully saturated rings. The van der Waals surface area contributed by atoms with Gasteiger partial charge in [0, 0.05) is 44.0 Å². The van der Waals surface area contributed by atoms with Crippen LogP contribution in [0, 0.1) is 0 Å². The number of sulfonamides is 1. The van der Waals surface area contributed by atoms with Crippen molar-refractivity contribution >= 4 is 21.7 Å². The Labute approximate surface area is 201 Å². The Morgan fingerprint density at radius 2 is 1.80 bits per heavy atom. The van der Waals surface area contributed by atoms with Gasteiger partial charge in [0.15, 0.2) is 11.5 Å². The van der Waals surface area contributed by atoms with Crippen LogP contribution in [0.5, 0.6) is 17.2 Å². The predicted molar refractivity (Wildman–Crippen MR) is 126 cm³/mol. The molecular weight excluding hydrogens is 472 g/mol. The van der Waals surface area contributed by atoms with Crippen LogP contribution < -0.4 is 19.1 Å². The largest absolute Gasteiger partial charge is 0.497 e. The zero-order valence-electron chi connectivity index (χ0n) is 18.9. The van der Waals surface area contributed by atoms with Gasteiger partial charge in [-0.15, -0.1) is 5.10 Å². The van der Waals surface area contributed by atoms with Crippen LogP contribution in [0.25, 0.3) is 17.0 Å². The first kappa shape index (κ1) is 21.6. The normalized spacial score (nSPS) is 16.1. The van der Waals surface area contributed by atoms with Crippen molar-refractivity contribution < 1.29 is 22.6 Å². The van der Waals surface area contributed by atoms with Crippen molar-refractivity contribution in [1.29, 1.82) is 0 Å². The molecule has 0 atom stereocenters. The molecule has 0 saturated carbocycles. The van der Waals surface area contributed by atoms with Crippen LogP contribution in [-0.2, 0) is 10.0 Å². The Morgan fingerprint density at radius 1 is 0.971 bits per heavy atom. The van der Waals surface area contributed by atoms with Gasteiger partial charge in [-0.25, -0.2) is 13.4 Å². The lowest BCUT2D eigenvalue weighted by Gasteiger charge is -2.33. The number of benzene rings is 2. The van der Waals surface area contributed by atoms with Crippen molar-refractivity contribution in [2.75, 3.05) is 45.0 Å². The summed E-state index contributed by atoms with van der Waals surface area (Å²) in [6, 6.07) is 14.1. The predicted octanol–water partition coefficient (Wildman–Crippen LogP) is 2.04. The average Bonchev–Trinajstić information content (AvgIpc) is 3.55. The van der Waals surface area contributed by atoms with E-state index in [1.807, 2.05) is 29.2 Å². The van der Waals surface area contributed by atoms with Gasteiger partial charge in [-0.2, -0.15) is 13.8 Å². The summed E-state index contributed by atoms with van der Waals surface area (Å²) >= 11 is 0. The molecule has 6 rings (SSSR count). The molecule has 4 heterocycles. The summed E-state index contributed by atoms with van der Waals surface area (Å²) in [5.41, 5.74) is 1.71. The van der Waals surface area contributed by atoms with Gasteiger partial charge in [0.1, 0.15) is 5.75 Å². The van der Waals surface area contributed by atoms with Crippen molar-refractivity contribution in [2.45, 2.75) is 4.90 Å². The molecule has 2 aromatic heterocycles. The monoisotopic (exact) mass is 494 g/mol. The number of rotatable bonds is 5. The SMILES string of the molecule is COc1cccc(S(=O)(=O)N2CCN(c3nc4nccc(-c5ccc6c(c5)OCO6)n4n3)CC2)c1. The second kappa shape index (κ2) is 8.40. The van der Waals surface area contributed by atoms with Crippen LogP contribution in [0.15, 0.2) is 59.6 Å². The number of methoxy groups -OCH3 is 1. The maximum absolute atomic E-state index is 13.1. The van der Waals surface area contributed by atoms with Crippen molar-refractivity contribution in [3.63, 3.8) is 0 Å². The smallest absolute Gasteiger partial charge is 0.254 e. The molecular formula is C23H22N6O5S. The second-order valence-electron chi connectivity index (χ2n) is 8.09. The molecule has 4 aromatic rings. The number of nitrogens with zero attached hydrogens (tertiary/aromatic N) is 6. The van der Waals surface area contributed by atoms with Gasteiger partial charge in [0.25, 0.3) is 5.78 Å².